The fourth-order valence-electron chi connectivity index (χ4n) is 11.9. The maximum atomic E-state index is 13.9. The number of guanidine groups is 2. The molecule has 4 fully saturated rings. The molecule has 4 heterocycles. The first-order valence-corrected chi connectivity index (χ1v) is 35.1. The summed E-state index contributed by atoms with van der Waals surface area (Å²) in [5, 5.41) is 4.99. The largest absolute Gasteiger partial charge is 0.469 e. The number of nitrogens with zero attached hydrogens (tertiary/aromatic N) is 3. The molecule has 111 heavy (non-hydrogen) atoms. The molecule has 0 spiro atoms. The number of benzene rings is 2. The zero-order valence-corrected chi connectivity index (χ0v) is 63.5. The summed E-state index contributed by atoms with van der Waals surface area (Å²) in [5.41, 5.74) is 21.5. The van der Waals surface area contributed by atoms with Crippen LogP contribution in [0.1, 0.15) is 75.4 Å². The van der Waals surface area contributed by atoms with E-state index in [1.54, 1.807) is 97.0 Å². The number of amidine groups is 2. The van der Waals surface area contributed by atoms with Gasteiger partial charge in [0.25, 0.3) is 0 Å². The van der Waals surface area contributed by atoms with E-state index in [0.29, 0.717) is 0 Å². The van der Waals surface area contributed by atoms with Gasteiger partial charge in [-0.25, -0.2) is 9.59 Å². The number of esters is 8. The molecule has 2 aromatic carbocycles. The second-order valence-electron chi connectivity index (χ2n) is 27.0. The van der Waals surface area contributed by atoms with Crippen molar-refractivity contribution in [3.05, 3.63) is 147 Å². The maximum Gasteiger partial charge on any atom is 0.413 e. The molecule has 0 bridgehead atoms. The van der Waals surface area contributed by atoms with Gasteiger partial charge in [-0.05, 0) is 66.5 Å². The summed E-state index contributed by atoms with van der Waals surface area (Å²) in [6, 6.07) is 18.0. The number of nitrogens with two attached hydrogens (primary N) is 4. The monoisotopic (exact) mass is 1560 g/mol. The van der Waals surface area contributed by atoms with E-state index in [2.05, 4.69) is 56.9 Å². The Labute approximate surface area is 647 Å². The van der Waals surface area contributed by atoms with Crippen LogP contribution in [0, 0.1) is 47.3 Å². The van der Waals surface area contributed by atoms with Crippen LogP contribution in [0.3, 0.4) is 0 Å². The van der Waals surface area contributed by atoms with Crippen molar-refractivity contribution >= 4 is 83.5 Å². The smallest absolute Gasteiger partial charge is 0.413 e. The minimum Gasteiger partial charge on any atom is -0.469 e. The molecule has 34 heteroatoms. The minimum absolute atomic E-state index is 0. The zero-order chi connectivity index (χ0) is 81.4. The molecule has 4 aliphatic heterocycles. The molecule has 4 saturated heterocycles. The van der Waals surface area contributed by atoms with Crippen molar-refractivity contribution in [3.8, 4) is 0 Å². The van der Waals surface area contributed by atoms with E-state index in [-0.39, 0.29) is 98.3 Å². The highest BCUT2D eigenvalue weighted by atomic mass is 16.6. The molecule has 0 aliphatic carbocycles. The number of rotatable bonds is 32. The summed E-state index contributed by atoms with van der Waals surface area (Å²) in [6.45, 7) is 27.6. The molecule has 0 radical (unpaired) electrons. The first-order chi connectivity index (χ1) is 52.2. The van der Waals surface area contributed by atoms with E-state index >= 15 is 0 Å². The number of alkyl carbamates (subject to hydrolysis) is 2. The third-order valence-corrected chi connectivity index (χ3v) is 16.6. The van der Waals surface area contributed by atoms with Crippen molar-refractivity contribution in [2.75, 3.05) is 66.8 Å². The van der Waals surface area contributed by atoms with Crippen LogP contribution in [0.4, 0.5) is 9.59 Å². The second-order valence-corrected chi connectivity index (χ2v) is 27.0. The van der Waals surface area contributed by atoms with Crippen molar-refractivity contribution in [2.45, 2.75) is 136 Å². The van der Waals surface area contributed by atoms with Gasteiger partial charge in [0.15, 0.2) is 5.96 Å². The predicted octanol–water partition coefficient (Wildman–Crippen LogP) is 3.23. The number of ether oxygens (including phenoxy) is 14. The highest BCUT2D eigenvalue weighted by Gasteiger charge is 2.56. The highest BCUT2D eigenvalue weighted by Crippen LogP contribution is 2.42. The fraction of sp³-hybridized carbons (Fsp3) is 0.506. The normalized spacial score (nSPS) is 24.8. The Balaban J connectivity index is 0.000000587. The molecule has 11 N–H and O–H groups in total. The molecule has 4 aliphatic rings. The lowest BCUT2D eigenvalue weighted by molar-refractivity contribution is -0.462. The van der Waals surface area contributed by atoms with Crippen LogP contribution in [0.5, 0.6) is 0 Å². The first kappa shape index (κ1) is 92.3. The summed E-state index contributed by atoms with van der Waals surface area (Å²) in [5.74, 6) is -15.5. The van der Waals surface area contributed by atoms with Crippen LogP contribution in [0.2, 0.25) is 0 Å². The van der Waals surface area contributed by atoms with Gasteiger partial charge in [-0.1, -0.05) is 117 Å². The molecule has 610 valence electrons. The lowest BCUT2D eigenvalue weighted by Gasteiger charge is -2.21. The Kier molecular flexibility index (Phi) is 37.5. The molecular weight excluding hydrogens is 1450 g/mol. The standard InChI is InChI=1S/C44H60N4O14.C32H42N6O10.CH4.H2/c1-12-29-33(40(52)58-25-28-17-15-14-16-18-28)35(37(49)55-11)31(59-29)19-20-32-36(39(51)57-24-22-46-27(4)48-42(54)62-44(8,9)10)34(30(13-2)60-32)38(50)56-23-21-45-26(3)47-41(53)61-43(5,6)7;1-4-19-23(30(42)46-17-18-9-7-6-8-10-18)25(27(39)43-3)21(47-19)11-12-22-26(29(41)45-16-14-38-32(35)36)24(20(5-2)48-22)28(40)44-15-13-37-31(33)34;;/h12-20,29-36H,1-2,21-25H2,3-11H3,(H,45,47,53)(H,46,48,54);4-12,19-26H,1-2,13-17H2,3H3,(H4,33,34,37)(H4,35,36,38);1H4;1H/p+1/b20-19-;12-11-;;/i;;;1+1. The summed E-state index contributed by atoms with van der Waals surface area (Å²) in [7, 11) is 2.36. The van der Waals surface area contributed by atoms with E-state index in [1.165, 1.54) is 69.8 Å². The van der Waals surface area contributed by atoms with Crippen molar-refractivity contribution in [1.82, 2.24) is 10.6 Å². The summed E-state index contributed by atoms with van der Waals surface area (Å²) >= 11 is 0. The zero-order valence-electron chi connectivity index (χ0n) is 63.5. The highest BCUT2D eigenvalue weighted by molar-refractivity contribution is 5.95. The van der Waals surface area contributed by atoms with Crippen LogP contribution < -0.4 is 38.6 Å². The van der Waals surface area contributed by atoms with Gasteiger partial charge in [0, 0.05) is 1.43 Å². The molecule has 2 amide bonds. The topological polar surface area (TPSA) is 479 Å². The van der Waals surface area contributed by atoms with Gasteiger partial charge in [0.1, 0.15) is 110 Å². The average Bonchev–Trinajstić information content (AvgIpc) is 1.64. The van der Waals surface area contributed by atoms with Gasteiger partial charge in [0.2, 0.25) is 0 Å². The number of hydrogen-bond donors (Lipinski definition) is 7. The van der Waals surface area contributed by atoms with Gasteiger partial charge in [-0.15, -0.1) is 26.3 Å². The predicted molar refractivity (Wildman–Crippen MR) is 405 cm³/mol. The van der Waals surface area contributed by atoms with Crippen molar-refractivity contribution < 1.29 is 121 Å². The molecule has 0 aromatic heterocycles. The summed E-state index contributed by atoms with van der Waals surface area (Å²) in [4.78, 5) is 146. The Morgan fingerprint density at radius 2 is 0.703 bits per heavy atom. The van der Waals surface area contributed by atoms with Crippen molar-refractivity contribution in [2.24, 2.45) is 85.3 Å². The second kappa shape index (κ2) is 45.1. The van der Waals surface area contributed by atoms with Crippen LogP contribution in [-0.2, 0) is 118 Å². The molecule has 0 saturated carbocycles. The van der Waals surface area contributed by atoms with E-state index in [1.807, 2.05) is 12.1 Å². The third-order valence-electron chi connectivity index (χ3n) is 16.6. The molecular formula is C77H109N10O24+. The SMILES string of the molecule is C.C=CC1OC(/C=C\C2OC(C=C)C(C(=O)OCCN=C(C)NC(=O)OC(C)(C)C)C2C(=O)OCCN=C(C)NC(=O)OC(C)(C)C)C(C(=O)OC)C1C(=O)OCc1ccccc1.C=CC1OC(/C=C\C2OC(C=C)C(C(=O)OCCN=C(N)N)C2C(=O)OCC[NH+]=C(N)N)C(C(=O)OC)C1C(=O)OCc1ccccc1.[2HH]. The fourth-order valence-corrected chi connectivity index (χ4v) is 11.9. The number of hydrogen-bond acceptors (Lipinski definition) is 27. The van der Waals surface area contributed by atoms with Gasteiger partial charge in [-0.2, -0.15) is 0 Å². The Morgan fingerprint density at radius 1 is 0.432 bits per heavy atom. The van der Waals surface area contributed by atoms with Crippen LogP contribution in [-0.4, -0.2) is 210 Å². The molecule has 2 aromatic rings. The summed E-state index contributed by atoms with van der Waals surface area (Å²) in [6.07, 6.45) is 1.65. The van der Waals surface area contributed by atoms with Crippen LogP contribution in [0.15, 0.2) is 151 Å². The molecule has 16 atom stereocenters. The third kappa shape index (κ3) is 29.0. The van der Waals surface area contributed by atoms with Gasteiger partial charge in [-0.3, -0.25) is 80.4 Å². The Hall–Kier alpha value is -11.1. The number of carbonyl (C=O) groups is 10. The molecule has 6 rings (SSSR count). The number of amides is 2. The first-order valence-electron chi connectivity index (χ1n) is 35.1. The van der Waals surface area contributed by atoms with Crippen LogP contribution >= 0.6 is 0 Å². The lowest BCUT2D eigenvalue weighted by Crippen LogP contribution is -2.79. The summed E-state index contributed by atoms with van der Waals surface area (Å²) < 4.78 is 77.9. The van der Waals surface area contributed by atoms with E-state index in [0.717, 1.165) is 11.1 Å². The molecule has 16 unspecified atom stereocenters. The van der Waals surface area contributed by atoms with Gasteiger partial charge in [0.05, 0.1) is 89.2 Å². The van der Waals surface area contributed by atoms with Gasteiger partial charge < -0.3 is 77.8 Å². The van der Waals surface area contributed by atoms with Crippen LogP contribution in [0.25, 0.3) is 0 Å². The number of nitrogens with one attached hydrogen (secondary N) is 3. The van der Waals surface area contributed by atoms with E-state index in [9.17, 15) is 47.9 Å². The van der Waals surface area contributed by atoms with Crippen molar-refractivity contribution in [1.29, 1.82) is 0 Å². The van der Waals surface area contributed by atoms with E-state index < -0.39 is 167 Å². The Bertz CT molecular complexity index is 3720. The quantitative estimate of drug-likeness (QED) is 0.0138. The number of aliphatic imine (C=N–C) groups is 3. The van der Waals surface area contributed by atoms with Crippen molar-refractivity contribution in [3.63, 3.8) is 0 Å². The van der Waals surface area contributed by atoms with Gasteiger partial charge >= 0.3 is 65.9 Å². The Morgan fingerprint density at radius 3 is 0.973 bits per heavy atom. The number of methoxy groups -OCH3 is 2. The average molecular weight is 1560 g/mol. The van der Waals surface area contributed by atoms with E-state index in [4.69, 9.17) is 89.3 Å². The maximum absolute atomic E-state index is 13.9. The minimum atomic E-state index is -1.31. The molecule has 34 nitrogen and oxygen atoms in total. The number of carbonyl (C=O) groups excluding carboxylic acids is 10. The lowest BCUT2D eigenvalue weighted by atomic mass is 9.85.